The van der Waals surface area contributed by atoms with Crippen molar-refractivity contribution < 1.29 is 23.7 Å². The van der Waals surface area contributed by atoms with Crippen molar-refractivity contribution in [1.29, 1.82) is 0 Å². The number of hydrogen-bond acceptors (Lipinski definition) is 8. The lowest BCUT2D eigenvalue weighted by atomic mass is 9.96. The van der Waals surface area contributed by atoms with Gasteiger partial charge < -0.3 is 18.9 Å². The molecule has 2 N–H and O–H groups in total. The summed E-state index contributed by atoms with van der Waals surface area (Å²) >= 11 is 7.55. The molecule has 1 aliphatic rings. The maximum Gasteiger partial charge on any atom is 0.161 e. The van der Waals surface area contributed by atoms with Gasteiger partial charge in [-0.15, -0.1) is 0 Å². The number of hydrogen-bond donors (Lipinski definition) is 1. The zero-order valence-electron chi connectivity index (χ0n) is 20.6. The predicted molar refractivity (Wildman–Crippen MR) is 147 cm³/mol. The van der Waals surface area contributed by atoms with Gasteiger partial charge in [0, 0.05) is 28.9 Å². The molecule has 0 saturated heterocycles. The first-order chi connectivity index (χ1) is 18.6. The Bertz CT molecular complexity index is 1480. The summed E-state index contributed by atoms with van der Waals surface area (Å²) < 4.78 is 23.4. The zero-order chi connectivity index (χ0) is 26.5. The summed E-state index contributed by atoms with van der Waals surface area (Å²) in [5, 5.41) is 5.94. The Balaban J connectivity index is 1.34. The van der Waals surface area contributed by atoms with Crippen LogP contribution in [0, 0.1) is 6.92 Å². The summed E-state index contributed by atoms with van der Waals surface area (Å²) in [4.78, 5) is 16.6. The fourth-order valence-electron chi connectivity index (χ4n) is 4.16. The van der Waals surface area contributed by atoms with Gasteiger partial charge in [0.2, 0.25) is 0 Å². The van der Waals surface area contributed by atoms with Gasteiger partial charge in [0.25, 0.3) is 0 Å². The fraction of sp³-hybridized carbons (Fsp3) is 0.172. The van der Waals surface area contributed by atoms with E-state index in [1.54, 1.807) is 24.5 Å². The lowest BCUT2D eigenvalue weighted by Crippen LogP contribution is -2.15. The Kier molecular flexibility index (Phi) is 8.03. The van der Waals surface area contributed by atoms with Gasteiger partial charge >= 0.3 is 0 Å². The molecule has 194 valence electrons. The van der Waals surface area contributed by atoms with Crippen LogP contribution >= 0.6 is 23.5 Å². The van der Waals surface area contributed by atoms with Crippen LogP contribution in [0.25, 0.3) is 11.1 Å². The maximum atomic E-state index is 11.7. The van der Waals surface area contributed by atoms with Crippen LogP contribution in [0.3, 0.4) is 0 Å². The number of fused-ring (bicyclic) bond motifs is 1. The number of benzene rings is 3. The van der Waals surface area contributed by atoms with Crippen LogP contribution in [0.15, 0.2) is 71.9 Å². The highest BCUT2D eigenvalue weighted by Gasteiger charge is 2.16. The molecule has 0 fully saturated rings. The van der Waals surface area contributed by atoms with Crippen LogP contribution in [-0.2, 0) is 13.2 Å². The van der Waals surface area contributed by atoms with Crippen LogP contribution < -0.4 is 24.1 Å². The molecule has 0 unspecified atom stereocenters. The number of rotatable bonds is 9. The van der Waals surface area contributed by atoms with Gasteiger partial charge in [-0.3, -0.25) is 14.9 Å². The van der Waals surface area contributed by atoms with Gasteiger partial charge in [0.1, 0.15) is 37.9 Å². The third-order valence-corrected chi connectivity index (χ3v) is 6.96. The van der Waals surface area contributed by atoms with Crippen molar-refractivity contribution in [2.24, 2.45) is 5.14 Å². The summed E-state index contributed by atoms with van der Waals surface area (Å²) in [5.41, 5.74) is 5.33. The van der Waals surface area contributed by atoms with E-state index in [1.807, 2.05) is 36.4 Å². The predicted octanol–water partition coefficient (Wildman–Crippen LogP) is 6.42. The van der Waals surface area contributed by atoms with E-state index in [9.17, 15) is 4.79 Å². The van der Waals surface area contributed by atoms with Gasteiger partial charge in [-0.25, -0.2) is 0 Å². The van der Waals surface area contributed by atoms with Gasteiger partial charge in [0.15, 0.2) is 17.8 Å². The number of aromatic nitrogens is 1. The Morgan fingerprint density at radius 3 is 2.63 bits per heavy atom. The number of aldehydes is 1. The summed E-state index contributed by atoms with van der Waals surface area (Å²) in [6, 6.07) is 17.1. The van der Waals surface area contributed by atoms with E-state index >= 15 is 0 Å². The van der Waals surface area contributed by atoms with Crippen LogP contribution in [0.2, 0.25) is 5.02 Å². The van der Waals surface area contributed by atoms with Crippen LogP contribution in [0.4, 0.5) is 0 Å². The SMILES string of the molecule is Cc1c(COc2cc(OCc3cncc(SN)c3)c(C=O)cc2Cl)cccc1-c1ccc2c(c1)OCCO2. The van der Waals surface area contributed by atoms with Gasteiger partial charge in [-0.1, -0.05) is 35.9 Å². The van der Waals surface area contributed by atoms with E-state index in [1.165, 1.54) is 0 Å². The average Bonchev–Trinajstić information content (AvgIpc) is 2.96. The molecule has 5 rings (SSSR count). The summed E-state index contributed by atoms with van der Waals surface area (Å²) in [7, 11) is 0. The topological polar surface area (TPSA) is 92.9 Å². The first-order valence-corrected chi connectivity index (χ1v) is 13.1. The molecule has 4 aromatic rings. The average molecular weight is 549 g/mol. The fourth-order valence-corrected chi connectivity index (χ4v) is 4.73. The lowest BCUT2D eigenvalue weighted by molar-refractivity contribution is 0.111. The molecular formula is C29H25ClN2O5S. The van der Waals surface area contributed by atoms with Crippen molar-refractivity contribution in [2.75, 3.05) is 13.2 Å². The molecular weight excluding hydrogens is 524 g/mol. The zero-order valence-corrected chi connectivity index (χ0v) is 22.2. The first kappa shape index (κ1) is 25.9. The third kappa shape index (κ3) is 5.72. The van der Waals surface area contributed by atoms with E-state index < -0.39 is 0 Å². The van der Waals surface area contributed by atoms with Crippen molar-refractivity contribution in [1.82, 2.24) is 4.98 Å². The summed E-state index contributed by atoms with van der Waals surface area (Å²) in [6.45, 7) is 3.63. The van der Waals surface area contributed by atoms with E-state index in [4.69, 9.17) is 35.7 Å². The molecule has 0 aliphatic carbocycles. The number of carbonyl (C=O) groups is 1. The number of ether oxygens (including phenoxy) is 4. The minimum atomic E-state index is 0.208. The molecule has 0 saturated carbocycles. The summed E-state index contributed by atoms with van der Waals surface area (Å²) in [5.74, 6) is 2.28. The van der Waals surface area contributed by atoms with Crippen molar-refractivity contribution in [3.8, 4) is 34.1 Å². The molecule has 0 amide bonds. The van der Waals surface area contributed by atoms with E-state index in [-0.39, 0.29) is 13.2 Å². The molecule has 38 heavy (non-hydrogen) atoms. The normalized spacial score (nSPS) is 12.2. The lowest BCUT2D eigenvalue weighted by Gasteiger charge is -2.20. The standard InChI is InChI=1S/C29H25ClN2O5S/c1-18-21(3-2-4-24(18)20-5-6-26-29(11-20)35-8-7-34-26)17-37-28-12-27(22(15-33)10-25(28)30)36-16-19-9-23(38-31)14-32-13-19/h2-6,9-15H,7-8,16-17,31H2,1H3. The van der Waals surface area contributed by atoms with Crippen LogP contribution in [-0.4, -0.2) is 24.5 Å². The van der Waals surface area contributed by atoms with Crippen molar-refractivity contribution in [3.63, 3.8) is 0 Å². The molecule has 0 radical (unpaired) electrons. The number of nitrogens with two attached hydrogens (primary N) is 1. The highest BCUT2D eigenvalue weighted by atomic mass is 35.5. The van der Waals surface area contributed by atoms with Crippen molar-refractivity contribution in [2.45, 2.75) is 25.0 Å². The van der Waals surface area contributed by atoms with Crippen molar-refractivity contribution >= 4 is 29.8 Å². The number of nitrogens with zero attached hydrogens (tertiary/aromatic N) is 1. The van der Waals surface area contributed by atoms with E-state index in [2.05, 4.69) is 18.0 Å². The van der Waals surface area contributed by atoms with E-state index in [0.29, 0.717) is 41.6 Å². The molecule has 2 heterocycles. The molecule has 9 heteroatoms. The van der Waals surface area contributed by atoms with Crippen LogP contribution in [0.5, 0.6) is 23.0 Å². The highest BCUT2D eigenvalue weighted by molar-refractivity contribution is 7.97. The van der Waals surface area contributed by atoms with Crippen molar-refractivity contribution in [3.05, 3.63) is 94.3 Å². The highest BCUT2D eigenvalue weighted by Crippen LogP contribution is 2.37. The quantitative estimate of drug-likeness (QED) is 0.189. The minimum Gasteiger partial charge on any atom is -0.488 e. The second-order valence-corrected chi connectivity index (χ2v) is 9.72. The Labute approximate surface area is 230 Å². The molecule has 0 spiro atoms. The largest absolute Gasteiger partial charge is 0.488 e. The second-order valence-electron chi connectivity index (χ2n) is 8.61. The molecule has 7 nitrogen and oxygen atoms in total. The number of pyridine rings is 1. The first-order valence-electron chi connectivity index (χ1n) is 11.9. The number of halogens is 1. The van der Waals surface area contributed by atoms with E-state index in [0.717, 1.165) is 56.2 Å². The molecule has 0 bridgehead atoms. The molecule has 1 aliphatic heterocycles. The van der Waals surface area contributed by atoms with Gasteiger partial charge in [-0.2, -0.15) is 0 Å². The third-order valence-electron chi connectivity index (χ3n) is 6.17. The maximum absolute atomic E-state index is 11.7. The van der Waals surface area contributed by atoms with Crippen LogP contribution in [0.1, 0.15) is 27.0 Å². The Morgan fingerprint density at radius 2 is 1.82 bits per heavy atom. The molecule has 0 atom stereocenters. The smallest absolute Gasteiger partial charge is 0.161 e. The molecule has 3 aromatic carbocycles. The Morgan fingerprint density at radius 1 is 1.00 bits per heavy atom. The summed E-state index contributed by atoms with van der Waals surface area (Å²) in [6.07, 6.45) is 4.06. The Hall–Kier alpha value is -3.72. The van der Waals surface area contributed by atoms with Gasteiger partial charge in [-0.05, 0) is 65.4 Å². The number of carbonyl (C=O) groups excluding carboxylic acids is 1. The second kappa shape index (κ2) is 11.8. The minimum absolute atomic E-state index is 0.208. The monoisotopic (exact) mass is 548 g/mol. The molecule has 1 aromatic heterocycles. The van der Waals surface area contributed by atoms with Gasteiger partial charge in [0.05, 0.1) is 10.6 Å².